The largest absolute Gasteiger partial charge is 0.421 e. The highest BCUT2D eigenvalue weighted by molar-refractivity contribution is 5.55. The van der Waals surface area contributed by atoms with Crippen LogP contribution in [0, 0.1) is 0 Å². The predicted octanol–water partition coefficient (Wildman–Crippen LogP) is 3.73. The Kier molecular flexibility index (Phi) is 3.80. The van der Waals surface area contributed by atoms with Gasteiger partial charge in [0.25, 0.3) is 0 Å². The third-order valence-electron chi connectivity index (χ3n) is 4.29. The lowest BCUT2D eigenvalue weighted by atomic mass is 10.0. The minimum absolute atomic E-state index is 0.597. The zero-order valence-corrected chi connectivity index (χ0v) is 13.0. The smallest absolute Gasteiger partial charge is 0.247 e. The Labute approximate surface area is 135 Å². The van der Waals surface area contributed by atoms with Crippen molar-refractivity contribution in [3.8, 4) is 11.5 Å². The standard InChI is InChI=1S/C19H19N3O/c1-2-8-16(9-3-1)19-21-20-18(23-19)12-14-22-13-6-10-15-7-4-5-11-17(15)22/h1-5,7-9,11H,6,10,12-14H2. The molecule has 0 amide bonds. The molecule has 116 valence electrons. The monoisotopic (exact) mass is 305 g/mol. The number of fused-ring (bicyclic) bond motifs is 1. The summed E-state index contributed by atoms with van der Waals surface area (Å²) in [6, 6.07) is 18.6. The van der Waals surface area contributed by atoms with Gasteiger partial charge >= 0.3 is 0 Å². The number of nitrogens with zero attached hydrogens (tertiary/aromatic N) is 3. The zero-order chi connectivity index (χ0) is 15.5. The minimum Gasteiger partial charge on any atom is -0.421 e. The summed E-state index contributed by atoms with van der Waals surface area (Å²) in [6.07, 6.45) is 3.15. The first-order chi connectivity index (χ1) is 11.4. The third kappa shape index (κ3) is 2.97. The maximum Gasteiger partial charge on any atom is 0.247 e. The molecule has 0 saturated carbocycles. The van der Waals surface area contributed by atoms with E-state index in [-0.39, 0.29) is 0 Å². The van der Waals surface area contributed by atoms with Gasteiger partial charge in [0.2, 0.25) is 11.8 Å². The molecule has 4 rings (SSSR count). The average Bonchev–Trinajstić information content (AvgIpc) is 3.10. The van der Waals surface area contributed by atoms with Gasteiger partial charge in [-0.1, -0.05) is 36.4 Å². The second kappa shape index (κ2) is 6.24. The van der Waals surface area contributed by atoms with E-state index in [0.717, 1.165) is 25.1 Å². The van der Waals surface area contributed by atoms with Crippen LogP contribution in [0.3, 0.4) is 0 Å². The third-order valence-corrected chi connectivity index (χ3v) is 4.29. The molecule has 1 aromatic heterocycles. The van der Waals surface area contributed by atoms with Crippen LogP contribution in [-0.4, -0.2) is 23.3 Å². The van der Waals surface area contributed by atoms with Gasteiger partial charge in [-0.2, -0.15) is 0 Å². The Balaban J connectivity index is 1.45. The summed E-state index contributed by atoms with van der Waals surface area (Å²) >= 11 is 0. The highest BCUT2D eigenvalue weighted by atomic mass is 16.4. The lowest BCUT2D eigenvalue weighted by molar-refractivity contribution is 0.501. The molecular formula is C19H19N3O. The van der Waals surface area contributed by atoms with Crippen LogP contribution < -0.4 is 4.90 Å². The van der Waals surface area contributed by atoms with Crippen molar-refractivity contribution in [1.29, 1.82) is 0 Å². The van der Waals surface area contributed by atoms with E-state index in [1.54, 1.807) is 0 Å². The van der Waals surface area contributed by atoms with Gasteiger partial charge in [0.05, 0.1) is 0 Å². The molecule has 0 spiro atoms. The van der Waals surface area contributed by atoms with E-state index in [0.29, 0.717) is 11.8 Å². The van der Waals surface area contributed by atoms with Crippen molar-refractivity contribution in [3.63, 3.8) is 0 Å². The summed E-state index contributed by atoms with van der Waals surface area (Å²) in [5.74, 6) is 1.30. The molecule has 0 N–H and O–H groups in total. The fraction of sp³-hybridized carbons (Fsp3) is 0.263. The normalized spacial score (nSPS) is 13.8. The van der Waals surface area contributed by atoms with E-state index < -0.39 is 0 Å². The van der Waals surface area contributed by atoms with Crippen molar-refractivity contribution in [3.05, 3.63) is 66.1 Å². The van der Waals surface area contributed by atoms with E-state index in [4.69, 9.17) is 4.42 Å². The van der Waals surface area contributed by atoms with Gasteiger partial charge in [0.15, 0.2) is 0 Å². The summed E-state index contributed by atoms with van der Waals surface area (Å²) in [6.45, 7) is 2.00. The number of hydrogen-bond donors (Lipinski definition) is 0. The molecule has 0 saturated heterocycles. The quantitative estimate of drug-likeness (QED) is 0.736. The van der Waals surface area contributed by atoms with Crippen LogP contribution >= 0.6 is 0 Å². The van der Waals surface area contributed by atoms with Crippen LogP contribution in [0.1, 0.15) is 17.9 Å². The van der Waals surface area contributed by atoms with Crippen molar-refractivity contribution in [1.82, 2.24) is 10.2 Å². The van der Waals surface area contributed by atoms with Gasteiger partial charge in [-0.3, -0.25) is 0 Å². The molecule has 2 heterocycles. The Morgan fingerprint density at radius 2 is 1.78 bits per heavy atom. The molecule has 1 aliphatic rings. The molecule has 0 aliphatic carbocycles. The second-order valence-electron chi connectivity index (χ2n) is 5.84. The first-order valence-corrected chi connectivity index (χ1v) is 8.11. The minimum atomic E-state index is 0.597. The lowest BCUT2D eigenvalue weighted by Crippen LogP contribution is -2.31. The second-order valence-corrected chi connectivity index (χ2v) is 5.84. The van der Waals surface area contributed by atoms with E-state index in [1.165, 1.54) is 24.1 Å². The van der Waals surface area contributed by atoms with Gasteiger partial charge in [-0.05, 0) is 36.6 Å². The molecule has 0 unspecified atom stereocenters. The Morgan fingerprint density at radius 1 is 0.957 bits per heavy atom. The van der Waals surface area contributed by atoms with E-state index in [1.807, 2.05) is 30.3 Å². The van der Waals surface area contributed by atoms with E-state index >= 15 is 0 Å². The summed E-state index contributed by atoms with van der Waals surface area (Å²) < 4.78 is 5.80. The van der Waals surface area contributed by atoms with Crippen molar-refractivity contribution >= 4 is 5.69 Å². The van der Waals surface area contributed by atoms with Crippen LogP contribution in [0.5, 0.6) is 0 Å². The molecule has 0 radical (unpaired) electrons. The summed E-state index contributed by atoms with van der Waals surface area (Å²) in [7, 11) is 0. The fourth-order valence-electron chi connectivity index (χ4n) is 3.13. The van der Waals surface area contributed by atoms with Crippen LogP contribution in [0.4, 0.5) is 5.69 Å². The first-order valence-electron chi connectivity index (χ1n) is 8.11. The van der Waals surface area contributed by atoms with Crippen molar-refractivity contribution in [2.45, 2.75) is 19.3 Å². The summed E-state index contributed by atoms with van der Waals surface area (Å²) in [5.41, 5.74) is 3.75. The number of rotatable bonds is 4. The average molecular weight is 305 g/mol. The van der Waals surface area contributed by atoms with Crippen molar-refractivity contribution in [2.24, 2.45) is 0 Å². The number of hydrogen-bond acceptors (Lipinski definition) is 4. The number of benzene rings is 2. The van der Waals surface area contributed by atoms with Crippen LogP contribution in [-0.2, 0) is 12.8 Å². The van der Waals surface area contributed by atoms with Crippen LogP contribution in [0.15, 0.2) is 59.0 Å². The van der Waals surface area contributed by atoms with E-state index in [2.05, 4.69) is 39.4 Å². The van der Waals surface area contributed by atoms with Gasteiger partial charge < -0.3 is 9.32 Å². The maximum atomic E-state index is 5.80. The van der Waals surface area contributed by atoms with Gasteiger partial charge in [-0.25, -0.2) is 0 Å². The van der Waals surface area contributed by atoms with Gasteiger partial charge in [0, 0.05) is 30.8 Å². The molecule has 3 aromatic rings. The summed E-state index contributed by atoms with van der Waals surface area (Å²) in [4.78, 5) is 2.42. The van der Waals surface area contributed by atoms with Gasteiger partial charge in [-0.15, -0.1) is 10.2 Å². The first kappa shape index (κ1) is 14.0. The SMILES string of the molecule is c1ccc(-c2nnc(CCN3CCCc4ccccc43)o2)cc1. The number of para-hydroxylation sites is 1. The topological polar surface area (TPSA) is 42.2 Å². The highest BCUT2D eigenvalue weighted by Crippen LogP contribution is 2.26. The molecule has 23 heavy (non-hydrogen) atoms. The molecule has 1 aliphatic heterocycles. The number of anilines is 1. The molecule has 2 aromatic carbocycles. The van der Waals surface area contributed by atoms with Crippen LogP contribution in [0.2, 0.25) is 0 Å². The Morgan fingerprint density at radius 3 is 2.70 bits per heavy atom. The Hall–Kier alpha value is -2.62. The predicted molar refractivity (Wildman–Crippen MR) is 90.4 cm³/mol. The van der Waals surface area contributed by atoms with Gasteiger partial charge in [0.1, 0.15) is 0 Å². The molecular weight excluding hydrogens is 286 g/mol. The summed E-state index contributed by atoms with van der Waals surface area (Å²) in [5, 5.41) is 8.35. The lowest BCUT2D eigenvalue weighted by Gasteiger charge is -2.30. The van der Waals surface area contributed by atoms with Crippen molar-refractivity contribution < 1.29 is 4.42 Å². The van der Waals surface area contributed by atoms with Crippen molar-refractivity contribution in [2.75, 3.05) is 18.0 Å². The maximum absolute atomic E-state index is 5.80. The molecule has 0 bridgehead atoms. The number of aryl methyl sites for hydroxylation is 1. The van der Waals surface area contributed by atoms with Crippen LogP contribution in [0.25, 0.3) is 11.5 Å². The van der Waals surface area contributed by atoms with E-state index in [9.17, 15) is 0 Å². The fourth-order valence-corrected chi connectivity index (χ4v) is 3.13. The molecule has 4 nitrogen and oxygen atoms in total. The molecule has 0 fully saturated rings. The highest BCUT2D eigenvalue weighted by Gasteiger charge is 2.17. The Bertz CT molecular complexity index is 782. The zero-order valence-electron chi connectivity index (χ0n) is 13.0. The molecule has 0 atom stereocenters. The number of aromatic nitrogens is 2. The molecule has 4 heteroatoms.